The number of benzene rings is 2. The monoisotopic (exact) mass is 431 g/mol. The third-order valence-electron chi connectivity index (χ3n) is 4.54. The number of hydrogen-bond donors (Lipinski definition) is 1. The standard InChI is InChI=1S/C11H15N3O.C10H14O2.2C2H6/c12-10-1-3-11(4-2-10)14-7-5-13(9-15)6-8-14;1-4-8-5-9(11-2)7-10(6-8)12-3;2*1-2/h1-4,9H,5-8,12H2;5-7H,4H2,1-3H3;2*1-2H3. The quantitative estimate of drug-likeness (QED) is 0.540. The lowest BCUT2D eigenvalue weighted by Gasteiger charge is -2.34. The highest BCUT2D eigenvalue weighted by Crippen LogP contribution is 2.22. The summed E-state index contributed by atoms with van der Waals surface area (Å²) >= 11 is 0. The van der Waals surface area contributed by atoms with E-state index in [1.165, 1.54) is 11.3 Å². The van der Waals surface area contributed by atoms with Crippen molar-refractivity contribution in [3.63, 3.8) is 0 Å². The van der Waals surface area contributed by atoms with Crippen LogP contribution >= 0.6 is 0 Å². The lowest BCUT2D eigenvalue weighted by molar-refractivity contribution is -0.118. The second-order valence-electron chi connectivity index (χ2n) is 6.29. The summed E-state index contributed by atoms with van der Waals surface area (Å²) in [4.78, 5) is 14.6. The van der Waals surface area contributed by atoms with Crippen molar-refractivity contribution in [1.82, 2.24) is 4.90 Å². The largest absolute Gasteiger partial charge is 0.497 e. The van der Waals surface area contributed by atoms with Crippen LogP contribution in [-0.4, -0.2) is 51.7 Å². The number of aryl methyl sites for hydroxylation is 1. The Morgan fingerprint density at radius 1 is 0.871 bits per heavy atom. The first-order chi connectivity index (χ1) is 15.1. The molecular formula is C25H41N3O3. The van der Waals surface area contributed by atoms with E-state index in [9.17, 15) is 4.79 Å². The van der Waals surface area contributed by atoms with Crippen molar-refractivity contribution >= 4 is 17.8 Å². The molecule has 0 saturated carbocycles. The summed E-state index contributed by atoms with van der Waals surface area (Å²) in [5.74, 6) is 1.71. The number of anilines is 2. The van der Waals surface area contributed by atoms with Gasteiger partial charge in [-0.3, -0.25) is 4.79 Å². The second kappa shape index (κ2) is 16.9. The molecule has 2 aromatic carbocycles. The molecule has 6 nitrogen and oxygen atoms in total. The van der Waals surface area contributed by atoms with Crippen molar-refractivity contribution in [2.45, 2.75) is 41.0 Å². The van der Waals surface area contributed by atoms with Crippen LogP contribution in [0.3, 0.4) is 0 Å². The van der Waals surface area contributed by atoms with Crippen LogP contribution < -0.4 is 20.1 Å². The molecule has 174 valence electrons. The fraction of sp³-hybridized carbons (Fsp3) is 0.480. The Hall–Kier alpha value is -2.89. The molecule has 1 saturated heterocycles. The van der Waals surface area contributed by atoms with Gasteiger partial charge in [0.2, 0.25) is 6.41 Å². The Balaban J connectivity index is 0.000000510. The van der Waals surface area contributed by atoms with Crippen LogP contribution in [0.2, 0.25) is 0 Å². The molecule has 0 unspecified atom stereocenters. The maximum atomic E-state index is 10.5. The van der Waals surface area contributed by atoms with Crippen LogP contribution in [0.15, 0.2) is 42.5 Å². The van der Waals surface area contributed by atoms with Crippen LogP contribution in [0.25, 0.3) is 0 Å². The number of carbonyl (C=O) groups excluding carboxylic acids is 1. The third-order valence-corrected chi connectivity index (χ3v) is 4.54. The zero-order valence-electron chi connectivity index (χ0n) is 20.4. The highest BCUT2D eigenvalue weighted by atomic mass is 16.5. The van der Waals surface area contributed by atoms with E-state index >= 15 is 0 Å². The number of nitrogens with zero attached hydrogens (tertiary/aromatic N) is 2. The van der Waals surface area contributed by atoms with E-state index < -0.39 is 0 Å². The first kappa shape index (κ1) is 28.1. The van der Waals surface area contributed by atoms with E-state index in [-0.39, 0.29) is 0 Å². The van der Waals surface area contributed by atoms with Gasteiger partial charge in [-0.05, 0) is 48.4 Å². The number of methoxy groups -OCH3 is 2. The number of piperazine rings is 1. The van der Waals surface area contributed by atoms with Gasteiger partial charge in [0.05, 0.1) is 14.2 Å². The van der Waals surface area contributed by atoms with Crippen molar-refractivity contribution in [1.29, 1.82) is 0 Å². The van der Waals surface area contributed by atoms with Crippen molar-refractivity contribution in [2.75, 3.05) is 51.0 Å². The normalized spacial score (nSPS) is 12.1. The Kier molecular flexibility index (Phi) is 15.3. The smallest absolute Gasteiger partial charge is 0.209 e. The second-order valence-corrected chi connectivity index (χ2v) is 6.29. The van der Waals surface area contributed by atoms with E-state index in [0.29, 0.717) is 0 Å². The van der Waals surface area contributed by atoms with E-state index in [1.54, 1.807) is 19.1 Å². The predicted molar refractivity (Wildman–Crippen MR) is 132 cm³/mol. The Morgan fingerprint density at radius 3 is 1.74 bits per heavy atom. The van der Waals surface area contributed by atoms with Crippen molar-refractivity contribution in [3.8, 4) is 11.5 Å². The first-order valence-electron chi connectivity index (χ1n) is 11.1. The van der Waals surface area contributed by atoms with Gasteiger partial charge >= 0.3 is 0 Å². The summed E-state index contributed by atoms with van der Waals surface area (Å²) in [6.45, 7) is 13.5. The van der Waals surface area contributed by atoms with Gasteiger partial charge in [-0.1, -0.05) is 34.6 Å². The molecule has 1 aliphatic heterocycles. The van der Waals surface area contributed by atoms with E-state index in [0.717, 1.165) is 56.2 Å². The molecule has 1 heterocycles. The molecule has 6 heteroatoms. The molecule has 3 rings (SSSR count). The van der Waals surface area contributed by atoms with Gasteiger partial charge in [0, 0.05) is 43.6 Å². The molecule has 0 bridgehead atoms. The van der Waals surface area contributed by atoms with Crippen LogP contribution in [0.5, 0.6) is 11.5 Å². The number of ether oxygens (including phenoxy) is 2. The molecule has 0 atom stereocenters. The molecule has 1 fully saturated rings. The van der Waals surface area contributed by atoms with Crippen LogP contribution in [0.4, 0.5) is 11.4 Å². The van der Waals surface area contributed by atoms with Gasteiger partial charge < -0.3 is 25.0 Å². The molecule has 31 heavy (non-hydrogen) atoms. The SMILES string of the molecule is CC.CC.CCc1cc(OC)cc(OC)c1.Nc1ccc(N2CCN(C=O)CC2)cc1. The number of amides is 1. The number of rotatable bonds is 5. The van der Waals surface area contributed by atoms with E-state index in [4.69, 9.17) is 15.2 Å². The Labute approximate surface area is 188 Å². The van der Waals surface area contributed by atoms with Crippen LogP contribution in [-0.2, 0) is 11.2 Å². The van der Waals surface area contributed by atoms with E-state index in [1.807, 2.05) is 70.2 Å². The average molecular weight is 432 g/mol. The van der Waals surface area contributed by atoms with Gasteiger partial charge in [0.15, 0.2) is 0 Å². The van der Waals surface area contributed by atoms with Gasteiger partial charge in [0.25, 0.3) is 0 Å². The topological polar surface area (TPSA) is 68.0 Å². The summed E-state index contributed by atoms with van der Waals surface area (Å²) in [7, 11) is 3.32. The van der Waals surface area contributed by atoms with Gasteiger partial charge in [0.1, 0.15) is 11.5 Å². The predicted octanol–water partition coefficient (Wildman–Crippen LogP) is 4.87. The summed E-state index contributed by atoms with van der Waals surface area (Å²) in [6.07, 6.45) is 1.91. The van der Waals surface area contributed by atoms with Gasteiger partial charge in [-0.25, -0.2) is 0 Å². The molecule has 2 N–H and O–H groups in total. The first-order valence-corrected chi connectivity index (χ1v) is 11.1. The van der Waals surface area contributed by atoms with Crippen molar-refractivity contribution < 1.29 is 14.3 Å². The van der Waals surface area contributed by atoms with Crippen LogP contribution in [0.1, 0.15) is 40.2 Å². The fourth-order valence-electron chi connectivity index (χ4n) is 2.84. The zero-order chi connectivity index (χ0) is 23.6. The maximum Gasteiger partial charge on any atom is 0.209 e. The summed E-state index contributed by atoms with van der Waals surface area (Å²) in [5, 5.41) is 0. The van der Waals surface area contributed by atoms with E-state index in [2.05, 4.69) is 11.8 Å². The van der Waals surface area contributed by atoms with Gasteiger partial charge in [-0.2, -0.15) is 0 Å². The molecule has 1 aliphatic rings. The minimum atomic E-state index is 0.783. The maximum absolute atomic E-state index is 10.5. The third kappa shape index (κ3) is 10.1. The highest BCUT2D eigenvalue weighted by Gasteiger charge is 2.15. The Morgan fingerprint density at radius 2 is 1.35 bits per heavy atom. The molecule has 0 spiro atoms. The van der Waals surface area contributed by atoms with Crippen molar-refractivity contribution in [2.24, 2.45) is 0 Å². The minimum Gasteiger partial charge on any atom is -0.497 e. The number of nitrogen functional groups attached to an aromatic ring is 1. The minimum absolute atomic E-state index is 0.783. The Bertz CT molecular complexity index is 657. The molecular weight excluding hydrogens is 390 g/mol. The van der Waals surface area contributed by atoms with Crippen LogP contribution in [0, 0.1) is 0 Å². The highest BCUT2D eigenvalue weighted by molar-refractivity contribution is 5.54. The molecule has 0 aliphatic carbocycles. The summed E-state index contributed by atoms with van der Waals surface area (Å²) < 4.78 is 10.2. The average Bonchev–Trinajstić information content (AvgIpc) is 2.87. The summed E-state index contributed by atoms with van der Waals surface area (Å²) in [5.41, 5.74) is 8.81. The molecule has 2 aromatic rings. The molecule has 0 radical (unpaired) electrons. The van der Waals surface area contributed by atoms with Crippen molar-refractivity contribution in [3.05, 3.63) is 48.0 Å². The number of carbonyl (C=O) groups is 1. The summed E-state index contributed by atoms with van der Waals surface area (Å²) in [6, 6.07) is 13.8. The number of nitrogens with two attached hydrogens (primary N) is 1. The van der Waals surface area contributed by atoms with Gasteiger partial charge in [-0.15, -0.1) is 0 Å². The lowest BCUT2D eigenvalue weighted by Crippen LogP contribution is -2.45. The number of hydrogen-bond acceptors (Lipinski definition) is 5. The molecule has 0 aromatic heterocycles. The fourth-order valence-corrected chi connectivity index (χ4v) is 2.84. The zero-order valence-corrected chi connectivity index (χ0v) is 20.4. The molecule has 1 amide bonds. The lowest BCUT2D eigenvalue weighted by atomic mass is 10.1.